The summed E-state index contributed by atoms with van der Waals surface area (Å²) in [6, 6.07) is 0. The van der Waals surface area contributed by atoms with Crippen LogP contribution in [0.15, 0.2) is 17.1 Å². The lowest BCUT2D eigenvalue weighted by Crippen LogP contribution is -2.52. The normalized spacial score (nSPS) is 12.2. The number of rotatable bonds is 7. The molecule has 0 saturated heterocycles. The Kier molecular flexibility index (Phi) is 11.3. The van der Waals surface area contributed by atoms with Crippen molar-refractivity contribution in [1.29, 1.82) is 0 Å². The highest BCUT2D eigenvalue weighted by atomic mass is 127. The molecule has 7 heteroatoms. The van der Waals surface area contributed by atoms with Gasteiger partial charge in [-0.2, -0.15) is 0 Å². The van der Waals surface area contributed by atoms with Gasteiger partial charge in [-0.05, 0) is 40.5 Å². The minimum Gasteiger partial charge on any atom is -0.444 e. The van der Waals surface area contributed by atoms with Crippen molar-refractivity contribution >= 4 is 36.0 Å². The highest BCUT2D eigenvalue weighted by Gasteiger charge is 2.30. The van der Waals surface area contributed by atoms with Gasteiger partial charge in [0.2, 0.25) is 0 Å². The third kappa shape index (κ3) is 11.2. The number of halogens is 1. The molecule has 0 aromatic heterocycles. The van der Waals surface area contributed by atoms with Crippen LogP contribution in [-0.2, 0) is 4.74 Å². The van der Waals surface area contributed by atoms with Gasteiger partial charge in [-0.15, -0.1) is 24.0 Å². The van der Waals surface area contributed by atoms with Crippen LogP contribution < -0.4 is 16.4 Å². The van der Waals surface area contributed by atoms with E-state index in [-0.39, 0.29) is 24.0 Å². The average molecular weight is 440 g/mol. The third-order valence-electron chi connectivity index (χ3n) is 3.24. The topological polar surface area (TPSA) is 88.7 Å². The number of alkyl carbamates (subject to hydrolysis) is 1. The summed E-state index contributed by atoms with van der Waals surface area (Å²) in [5, 5.41) is 5.92. The van der Waals surface area contributed by atoms with Crippen molar-refractivity contribution in [1.82, 2.24) is 10.6 Å². The molecular weight excluding hydrogens is 407 g/mol. The number of guanidine groups is 1. The molecule has 136 valence electrons. The molecule has 23 heavy (non-hydrogen) atoms. The summed E-state index contributed by atoms with van der Waals surface area (Å²) in [6.07, 6.45) is 1.04. The first kappa shape index (κ1) is 24.3. The molecule has 0 aromatic rings. The lowest BCUT2D eigenvalue weighted by molar-refractivity contribution is 0.0452. The van der Waals surface area contributed by atoms with E-state index in [1.165, 1.54) is 0 Å². The van der Waals surface area contributed by atoms with E-state index in [2.05, 4.69) is 22.2 Å². The van der Waals surface area contributed by atoms with Crippen molar-refractivity contribution in [2.45, 2.75) is 65.5 Å². The number of hydrogen-bond donors (Lipinski definition) is 3. The van der Waals surface area contributed by atoms with Crippen LogP contribution in [0.25, 0.3) is 0 Å². The zero-order valence-electron chi connectivity index (χ0n) is 15.3. The Morgan fingerprint density at radius 2 is 1.78 bits per heavy atom. The second-order valence-corrected chi connectivity index (χ2v) is 6.63. The van der Waals surface area contributed by atoms with Crippen molar-refractivity contribution < 1.29 is 9.53 Å². The minimum atomic E-state index is -0.525. The van der Waals surface area contributed by atoms with Gasteiger partial charge in [-0.1, -0.05) is 26.0 Å². The van der Waals surface area contributed by atoms with Crippen molar-refractivity contribution in [3.05, 3.63) is 12.2 Å². The van der Waals surface area contributed by atoms with Gasteiger partial charge in [0.25, 0.3) is 0 Å². The van der Waals surface area contributed by atoms with Gasteiger partial charge in [0, 0.05) is 6.54 Å². The second-order valence-electron chi connectivity index (χ2n) is 6.63. The van der Waals surface area contributed by atoms with E-state index < -0.39 is 17.2 Å². The highest BCUT2D eigenvalue weighted by Crippen LogP contribution is 2.17. The maximum Gasteiger partial charge on any atom is 0.408 e. The van der Waals surface area contributed by atoms with E-state index in [1.807, 2.05) is 41.5 Å². The van der Waals surface area contributed by atoms with Gasteiger partial charge >= 0.3 is 6.09 Å². The SMILES string of the molecule is C=C(C)CNC(N)=NCC(CC)(CC)NC(=O)OC(C)(C)C.I. The first-order chi connectivity index (χ1) is 10.0. The molecule has 4 N–H and O–H groups in total. The van der Waals surface area contributed by atoms with Crippen LogP contribution in [0, 0.1) is 0 Å². The van der Waals surface area contributed by atoms with Crippen molar-refractivity contribution in [3.8, 4) is 0 Å². The minimum absolute atomic E-state index is 0. The average Bonchev–Trinajstić information content (AvgIpc) is 2.39. The number of hydrogen-bond acceptors (Lipinski definition) is 3. The van der Waals surface area contributed by atoms with Crippen LogP contribution in [0.4, 0.5) is 4.79 Å². The summed E-state index contributed by atoms with van der Waals surface area (Å²) >= 11 is 0. The molecule has 0 saturated carbocycles. The van der Waals surface area contributed by atoms with Crippen molar-refractivity contribution in [2.24, 2.45) is 10.7 Å². The highest BCUT2D eigenvalue weighted by molar-refractivity contribution is 14.0. The summed E-state index contributed by atoms with van der Waals surface area (Å²) in [4.78, 5) is 16.3. The van der Waals surface area contributed by atoms with Crippen molar-refractivity contribution in [3.63, 3.8) is 0 Å². The molecule has 0 spiro atoms. The Morgan fingerprint density at radius 3 is 2.17 bits per heavy atom. The Labute approximate surface area is 157 Å². The Balaban J connectivity index is 0. The molecular formula is C16H33IN4O2. The van der Waals surface area contributed by atoms with Gasteiger partial charge in [0.1, 0.15) is 5.60 Å². The monoisotopic (exact) mass is 440 g/mol. The fourth-order valence-electron chi connectivity index (χ4n) is 1.74. The number of ether oxygens (including phenoxy) is 1. The maximum absolute atomic E-state index is 12.0. The number of nitrogens with one attached hydrogen (secondary N) is 2. The second kappa shape index (κ2) is 10.7. The molecule has 0 heterocycles. The summed E-state index contributed by atoms with van der Waals surface area (Å²) in [6.45, 7) is 16.2. The van der Waals surface area contributed by atoms with Crippen LogP contribution in [0.5, 0.6) is 0 Å². The van der Waals surface area contributed by atoms with E-state index >= 15 is 0 Å². The number of amides is 1. The largest absolute Gasteiger partial charge is 0.444 e. The molecule has 0 rings (SSSR count). The van der Waals surface area contributed by atoms with Crippen LogP contribution in [0.1, 0.15) is 54.4 Å². The van der Waals surface area contributed by atoms with Gasteiger partial charge < -0.3 is 21.1 Å². The molecule has 0 fully saturated rings. The molecule has 1 amide bonds. The van der Waals surface area contributed by atoms with Crippen molar-refractivity contribution in [2.75, 3.05) is 13.1 Å². The molecule has 0 aliphatic heterocycles. The molecule has 0 aliphatic rings. The number of carbonyl (C=O) groups is 1. The smallest absolute Gasteiger partial charge is 0.408 e. The maximum atomic E-state index is 12.0. The Bertz CT molecular complexity index is 413. The number of nitrogens with zero attached hydrogens (tertiary/aromatic N) is 1. The molecule has 6 nitrogen and oxygen atoms in total. The lowest BCUT2D eigenvalue weighted by atomic mass is 9.93. The molecule has 0 aliphatic carbocycles. The lowest BCUT2D eigenvalue weighted by Gasteiger charge is -2.32. The first-order valence-electron chi connectivity index (χ1n) is 7.73. The van der Waals surface area contributed by atoms with E-state index in [1.54, 1.807) is 0 Å². The van der Waals surface area contributed by atoms with Gasteiger partial charge in [0.15, 0.2) is 5.96 Å². The zero-order valence-corrected chi connectivity index (χ0v) is 17.6. The molecule has 0 bridgehead atoms. The van der Waals surface area contributed by atoms with E-state index in [9.17, 15) is 4.79 Å². The third-order valence-corrected chi connectivity index (χ3v) is 3.24. The summed E-state index contributed by atoms with van der Waals surface area (Å²) in [7, 11) is 0. The molecule has 0 atom stereocenters. The van der Waals surface area contributed by atoms with Gasteiger partial charge in [0.05, 0.1) is 12.1 Å². The van der Waals surface area contributed by atoms with Crippen LogP contribution in [-0.4, -0.2) is 36.3 Å². The quantitative estimate of drug-likeness (QED) is 0.246. The molecule has 0 unspecified atom stereocenters. The van der Waals surface area contributed by atoms with Crippen LogP contribution >= 0.6 is 24.0 Å². The Hall–Kier alpha value is -0.990. The fourth-order valence-corrected chi connectivity index (χ4v) is 1.74. The summed E-state index contributed by atoms with van der Waals surface area (Å²) < 4.78 is 5.33. The van der Waals surface area contributed by atoms with E-state index in [0.717, 1.165) is 18.4 Å². The van der Waals surface area contributed by atoms with Crippen LogP contribution in [0.3, 0.4) is 0 Å². The predicted molar refractivity (Wildman–Crippen MR) is 107 cm³/mol. The summed E-state index contributed by atoms with van der Waals surface area (Å²) in [5.41, 5.74) is 5.81. The molecule has 0 radical (unpaired) electrons. The number of aliphatic imine (C=N–C) groups is 1. The van der Waals surface area contributed by atoms with Gasteiger partial charge in [-0.3, -0.25) is 4.99 Å². The van der Waals surface area contributed by atoms with Crippen LogP contribution in [0.2, 0.25) is 0 Å². The Morgan fingerprint density at radius 1 is 1.26 bits per heavy atom. The standard InChI is InChI=1S/C16H32N4O2.HI/c1-8-16(9-2,20-14(21)22-15(5,6)7)11-19-13(17)18-10-12(3)4;/h3,8-11H2,1-2,4-7H3,(H,20,21)(H3,17,18,19);1H. The zero-order chi connectivity index (χ0) is 17.4. The summed E-state index contributed by atoms with van der Waals surface area (Å²) in [5.74, 6) is 0.347. The fraction of sp³-hybridized carbons (Fsp3) is 0.750. The number of carbonyl (C=O) groups excluding carboxylic acids is 1. The van der Waals surface area contributed by atoms with E-state index in [4.69, 9.17) is 10.5 Å². The van der Waals surface area contributed by atoms with Gasteiger partial charge in [-0.25, -0.2) is 4.79 Å². The first-order valence-corrected chi connectivity index (χ1v) is 7.73. The van der Waals surface area contributed by atoms with E-state index in [0.29, 0.717) is 19.0 Å². The predicted octanol–water partition coefficient (Wildman–Crippen LogP) is 3.17. The number of nitrogens with two attached hydrogens (primary N) is 1. The molecule has 0 aromatic carbocycles.